The minimum Gasteiger partial charge on any atom is -0.382 e. The van der Waals surface area contributed by atoms with Gasteiger partial charge in [0, 0.05) is 30.7 Å². The zero-order valence-corrected chi connectivity index (χ0v) is 15.7. The lowest BCUT2D eigenvalue weighted by Gasteiger charge is -2.09. The Labute approximate surface area is 166 Å². The summed E-state index contributed by atoms with van der Waals surface area (Å²) >= 11 is 0. The third-order valence-electron chi connectivity index (χ3n) is 4.02. The third-order valence-corrected chi connectivity index (χ3v) is 4.02. The minimum absolute atomic E-state index is 0.00270. The van der Waals surface area contributed by atoms with Gasteiger partial charge in [-0.05, 0) is 12.5 Å². The van der Waals surface area contributed by atoms with Crippen molar-refractivity contribution in [1.82, 2.24) is 25.1 Å². The Balaban J connectivity index is 1.71. The molecule has 0 aliphatic carbocycles. The standard InChI is InChI=1S/C19H20FN7O2/c1-2-6-24-18(28)14-5-3-4-12(15(14)20)10-27-11-13(9-25-27)26-19(29)16-17(21)23-8-7-22-16/h3-5,7-9,11H,2,6,10H2,1H3,(H2,21,23)(H,24,28)(H,26,29). The molecule has 0 bridgehead atoms. The van der Waals surface area contributed by atoms with Crippen molar-refractivity contribution in [3.8, 4) is 0 Å². The van der Waals surface area contributed by atoms with E-state index in [2.05, 4.69) is 25.7 Å². The van der Waals surface area contributed by atoms with Crippen LogP contribution in [0.1, 0.15) is 39.8 Å². The van der Waals surface area contributed by atoms with Gasteiger partial charge in [0.2, 0.25) is 0 Å². The van der Waals surface area contributed by atoms with E-state index in [0.29, 0.717) is 17.8 Å². The van der Waals surface area contributed by atoms with E-state index in [1.807, 2.05) is 6.92 Å². The fraction of sp³-hybridized carbons (Fsp3) is 0.211. The molecule has 0 radical (unpaired) electrons. The molecular weight excluding hydrogens is 377 g/mol. The molecule has 10 heteroatoms. The van der Waals surface area contributed by atoms with E-state index in [-0.39, 0.29) is 23.6 Å². The maximum Gasteiger partial charge on any atom is 0.278 e. The first-order chi connectivity index (χ1) is 14.0. The van der Waals surface area contributed by atoms with Crippen LogP contribution in [0.25, 0.3) is 0 Å². The van der Waals surface area contributed by atoms with Gasteiger partial charge in [-0.1, -0.05) is 19.1 Å². The number of hydrogen-bond donors (Lipinski definition) is 3. The molecule has 0 aliphatic rings. The second kappa shape index (κ2) is 8.91. The molecule has 0 aliphatic heterocycles. The maximum atomic E-state index is 14.7. The van der Waals surface area contributed by atoms with Crippen molar-refractivity contribution in [2.24, 2.45) is 0 Å². The van der Waals surface area contributed by atoms with Gasteiger partial charge in [-0.3, -0.25) is 14.3 Å². The van der Waals surface area contributed by atoms with E-state index >= 15 is 0 Å². The summed E-state index contributed by atoms with van der Waals surface area (Å²) < 4.78 is 16.2. The summed E-state index contributed by atoms with van der Waals surface area (Å²) in [6.07, 6.45) is 6.46. The van der Waals surface area contributed by atoms with Gasteiger partial charge in [-0.25, -0.2) is 14.4 Å². The van der Waals surface area contributed by atoms with Crippen LogP contribution in [0.5, 0.6) is 0 Å². The second-order valence-electron chi connectivity index (χ2n) is 6.21. The molecule has 2 aromatic heterocycles. The number of nitrogens with two attached hydrogens (primary N) is 1. The predicted molar refractivity (Wildman–Crippen MR) is 105 cm³/mol. The largest absolute Gasteiger partial charge is 0.382 e. The number of amides is 2. The molecule has 150 valence electrons. The second-order valence-corrected chi connectivity index (χ2v) is 6.21. The van der Waals surface area contributed by atoms with Gasteiger partial charge in [0.15, 0.2) is 11.5 Å². The topological polar surface area (TPSA) is 128 Å². The number of anilines is 2. The van der Waals surface area contributed by atoms with Crippen molar-refractivity contribution < 1.29 is 14.0 Å². The van der Waals surface area contributed by atoms with E-state index in [4.69, 9.17) is 5.73 Å². The van der Waals surface area contributed by atoms with Gasteiger partial charge in [-0.2, -0.15) is 5.10 Å². The monoisotopic (exact) mass is 397 g/mol. The molecule has 9 nitrogen and oxygen atoms in total. The van der Waals surface area contributed by atoms with Crippen molar-refractivity contribution in [3.63, 3.8) is 0 Å². The number of nitrogens with one attached hydrogen (secondary N) is 2. The number of hydrogen-bond acceptors (Lipinski definition) is 6. The van der Waals surface area contributed by atoms with Crippen molar-refractivity contribution >= 4 is 23.3 Å². The van der Waals surface area contributed by atoms with Gasteiger partial charge >= 0.3 is 0 Å². The third kappa shape index (κ3) is 4.72. The molecule has 3 rings (SSSR count). The molecule has 0 unspecified atom stereocenters. The van der Waals surface area contributed by atoms with E-state index in [1.165, 1.54) is 35.5 Å². The first-order valence-corrected chi connectivity index (χ1v) is 8.95. The van der Waals surface area contributed by atoms with Crippen LogP contribution in [0.2, 0.25) is 0 Å². The Morgan fingerprint density at radius 2 is 2.00 bits per heavy atom. The number of benzene rings is 1. The molecule has 2 amide bonds. The quantitative estimate of drug-likeness (QED) is 0.558. The Kier molecular flexibility index (Phi) is 6.12. The van der Waals surface area contributed by atoms with Gasteiger partial charge in [0.05, 0.1) is 24.0 Å². The number of halogens is 1. The number of aromatic nitrogens is 4. The van der Waals surface area contributed by atoms with E-state index in [1.54, 1.807) is 12.1 Å². The molecule has 0 spiro atoms. The highest BCUT2D eigenvalue weighted by molar-refractivity contribution is 6.05. The lowest BCUT2D eigenvalue weighted by atomic mass is 10.1. The van der Waals surface area contributed by atoms with E-state index < -0.39 is 17.6 Å². The molecule has 2 heterocycles. The smallest absolute Gasteiger partial charge is 0.278 e. The highest BCUT2D eigenvalue weighted by Crippen LogP contribution is 2.16. The highest BCUT2D eigenvalue weighted by Gasteiger charge is 2.16. The Morgan fingerprint density at radius 1 is 1.21 bits per heavy atom. The van der Waals surface area contributed by atoms with Gasteiger partial charge in [0.25, 0.3) is 11.8 Å². The fourth-order valence-corrected chi connectivity index (χ4v) is 2.61. The zero-order chi connectivity index (χ0) is 20.8. The lowest BCUT2D eigenvalue weighted by molar-refractivity contribution is 0.0948. The molecule has 0 atom stereocenters. The molecule has 1 aromatic carbocycles. The van der Waals surface area contributed by atoms with Crippen LogP contribution in [0.15, 0.2) is 43.0 Å². The first-order valence-electron chi connectivity index (χ1n) is 8.95. The molecule has 29 heavy (non-hydrogen) atoms. The highest BCUT2D eigenvalue weighted by atomic mass is 19.1. The van der Waals surface area contributed by atoms with Crippen LogP contribution in [0, 0.1) is 5.82 Å². The van der Waals surface area contributed by atoms with Crippen LogP contribution >= 0.6 is 0 Å². The van der Waals surface area contributed by atoms with Gasteiger partial charge in [0.1, 0.15) is 5.82 Å². The Morgan fingerprint density at radius 3 is 2.76 bits per heavy atom. The lowest BCUT2D eigenvalue weighted by Crippen LogP contribution is -2.25. The van der Waals surface area contributed by atoms with Crippen LogP contribution in [0.3, 0.4) is 0 Å². The predicted octanol–water partition coefficient (Wildman–Crippen LogP) is 1.83. The molecule has 0 saturated heterocycles. The summed E-state index contributed by atoms with van der Waals surface area (Å²) in [4.78, 5) is 32.0. The average molecular weight is 397 g/mol. The molecule has 0 fully saturated rings. The van der Waals surface area contributed by atoms with Crippen LogP contribution in [-0.2, 0) is 6.54 Å². The van der Waals surface area contributed by atoms with Crippen LogP contribution in [-0.4, -0.2) is 38.1 Å². The maximum absolute atomic E-state index is 14.7. The Bertz CT molecular complexity index is 1030. The van der Waals surface area contributed by atoms with Crippen molar-refractivity contribution in [2.45, 2.75) is 19.9 Å². The summed E-state index contributed by atoms with van der Waals surface area (Å²) in [5.41, 5.74) is 6.30. The van der Waals surface area contributed by atoms with Crippen molar-refractivity contribution in [2.75, 3.05) is 17.6 Å². The number of rotatable bonds is 7. The zero-order valence-electron chi connectivity index (χ0n) is 15.7. The van der Waals surface area contributed by atoms with E-state index in [9.17, 15) is 14.0 Å². The SMILES string of the molecule is CCCNC(=O)c1cccc(Cn2cc(NC(=O)c3nccnc3N)cn2)c1F. The van der Waals surface area contributed by atoms with Gasteiger partial charge in [-0.15, -0.1) is 0 Å². The minimum atomic E-state index is -0.602. The van der Waals surface area contributed by atoms with Crippen molar-refractivity contribution in [1.29, 1.82) is 0 Å². The molecule has 0 saturated carbocycles. The number of carbonyl (C=O) groups excluding carboxylic acids is 2. The molecule has 4 N–H and O–H groups in total. The fourth-order valence-electron chi connectivity index (χ4n) is 2.61. The summed E-state index contributed by atoms with van der Waals surface area (Å²) in [7, 11) is 0. The number of carbonyl (C=O) groups is 2. The summed E-state index contributed by atoms with van der Waals surface area (Å²) in [5, 5.41) is 9.38. The first kappa shape index (κ1) is 19.9. The Hall–Kier alpha value is -3.82. The molecular formula is C19H20FN7O2. The normalized spacial score (nSPS) is 10.6. The van der Waals surface area contributed by atoms with E-state index in [0.717, 1.165) is 6.42 Å². The summed E-state index contributed by atoms with van der Waals surface area (Å²) in [6.45, 7) is 2.48. The average Bonchev–Trinajstić information content (AvgIpc) is 3.14. The van der Waals surface area contributed by atoms with Gasteiger partial charge < -0.3 is 16.4 Å². The number of nitrogens with zero attached hydrogens (tertiary/aromatic N) is 4. The summed E-state index contributed by atoms with van der Waals surface area (Å²) in [6, 6.07) is 4.62. The van der Waals surface area contributed by atoms with Crippen LogP contribution in [0.4, 0.5) is 15.9 Å². The summed E-state index contributed by atoms with van der Waals surface area (Å²) in [5.74, 6) is -1.58. The van der Waals surface area contributed by atoms with Crippen molar-refractivity contribution in [3.05, 3.63) is 65.6 Å². The number of nitrogen functional groups attached to an aromatic ring is 1. The van der Waals surface area contributed by atoms with Crippen LogP contribution < -0.4 is 16.4 Å². The molecule has 3 aromatic rings.